The maximum Gasteiger partial charge on any atom is 0.165 e. The summed E-state index contributed by atoms with van der Waals surface area (Å²) in [6.07, 6.45) is 1.57. The summed E-state index contributed by atoms with van der Waals surface area (Å²) < 4.78 is 7.97. The Morgan fingerprint density at radius 3 is 2.88 bits per heavy atom. The molecular formula is C20H14N4OS. The van der Waals surface area contributed by atoms with Crippen LogP contribution in [0.3, 0.4) is 0 Å². The molecule has 5 heterocycles. The minimum absolute atomic E-state index is 0.140. The second-order valence-corrected chi connectivity index (χ2v) is 7.47. The highest BCUT2D eigenvalue weighted by atomic mass is 32.1. The van der Waals surface area contributed by atoms with Gasteiger partial charge in [0.25, 0.3) is 0 Å². The first kappa shape index (κ1) is 14.1. The van der Waals surface area contributed by atoms with Crippen LogP contribution in [0.2, 0.25) is 0 Å². The van der Waals surface area contributed by atoms with Crippen molar-refractivity contribution in [2.75, 3.05) is 5.32 Å². The minimum atomic E-state index is -0.140. The number of para-hydroxylation sites is 2. The Morgan fingerprint density at radius 2 is 2.00 bits per heavy atom. The van der Waals surface area contributed by atoms with Crippen molar-refractivity contribution in [3.63, 3.8) is 0 Å². The number of nitrogens with zero attached hydrogens (tertiary/aromatic N) is 3. The molecule has 6 heteroatoms. The number of fused-ring (bicyclic) bond motifs is 7. The highest BCUT2D eigenvalue weighted by Gasteiger charge is 2.32. The third-order valence-corrected chi connectivity index (χ3v) is 5.94. The van der Waals surface area contributed by atoms with Crippen molar-refractivity contribution in [1.29, 1.82) is 0 Å². The van der Waals surface area contributed by atoms with Crippen LogP contribution in [0.1, 0.15) is 17.6 Å². The van der Waals surface area contributed by atoms with Gasteiger partial charge in [0.2, 0.25) is 0 Å². The fraction of sp³-hybridized carbons (Fsp3) is 0.100. The maximum atomic E-state index is 5.75. The van der Waals surface area contributed by atoms with Gasteiger partial charge in [-0.1, -0.05) is 12.1 Å². The highest BCUT2D eigenvalue weighted by Crippen LogP contribution is 2.48. The number of aromatic nitrogens is 3. The van der Waals surface area contributed by atoms with Gasteiger partial charge in [0.1, 0.15) is 10.6 Å². The molecule has 26 heavy (non-hydrogen) atoms. The van der Waals surface area contributed by atoms with E-state index < -0.39 is 0 Å². The Hall–Kier alpha value is -3.12. The van der Waals surface area contributed by atoms with E-state index in [0.717, 1.165) is 49.1 Å². The van der Waals surface area contributed by atoms with Gasteiger partial charge >= 0.3 is 0 Å². The van der Waals surface area contributed by atoms with E-state index >= 15 is 0 Å². The van der Waals surface area contributed by atoms with Crippen LogP contribution in [-0.4, -0.2) is 14.5 Å². The van der Waals surface area contributed by atoms with Crippen LogP contribution >= 0.6 is 11.3 Å². The fourth-order valence-electron chi connectivity index (χ4n) is 3.68. The highest BCUT2D eigenvalue weighted by molar-refractivity contribution is 7.22. The van der Waals surface area contributed by atoms with Crippen LogP contribution in [0.4, 0.5) is 5.69 Å². The topological polar surface area (TPSA) is 55.9 Å². The lowest BCUT2D eigenvalue weighted by Crippen LogP contribution is -2.23. The lowest BCUT2D eigenvalue weighted by molar-refractivity contribution is 0.456. The normalized spacial score (nSPS) is 15.8. The molecule has 0 amide bonds. The molecule has 5 nitrogen and oxygen atoms in total. The molecule has 5 aromatic rings. The van der Waals surface area contributed by atoms with Crippen LogP contribution in [0.5, 0.6) is 0 Å². The van der Waals surface area contributed by atoms with E-state index in [4.69, 9.17) is 14.4 Å². The number of furan rings is 1. The Kier molecular flexibility index (Phi) is 2.69. The molecule has 1 aliphatic heterocycles. The summed E-state index contributed by atoms with van der Waals surface area (Å²) in [5.74, 6) is 1.82. The molecule has 0 spiro atoms. The average Bonchev–Trinajstić information content (AvgIpc) is 3.37. The quantitative estimate of drug-likeness (QED) is 0.448. The SMILES string of the molecule is Cc1ccc2c3c(sc2n1)-c1nc2ccccc2n1[C@H](c1ccco1)N3. The van der Waals surface area contributed by atoms with Crippen molar-refractivity contribution in [3.05, 3.63) is 66.2 Å². The van der Waals surface area contributed by atoms with E-state index in [1.807, 2.05) is 31.2 Å². The van der Waals surface area contributed by atoms with Crippen LogP contribution < -0.4 is 5.32 Å². The third kappa shape index (κ3) is 1.79. The van der Waals surface area contributed by atoms with E-state index in [2.05, 4.69) is 34.1 Å². The molecular weight excluding hydrogens is 344 g/mol. The van der Waals surface area contributed by atoms with Crippen LogP contribution in [0.15, 0.2) is 59.2 Å². The maximum absolute atomic E-state index is 5.75. The smallest absolute Gasteiger partial charge is 0.165 e. The van der Waals surface area contributed by atoms with E-state index in [1.54, 1.807) is 17.6 Å². The average molecular weight is 358 g/mol. The number of thiophene rings is 1. The molecule has 0 radical (unpaired) electrons. The van der Waals surface area contributed by atoms with Crippen LogP contribution in [0, 0.1) is 6.92 Å². The van der Waals surface area contributed by atoms with Gasteiger partial charge in [-0.3, -0.25) is 4.57 Å². The summed E-state index contributed by atoms with van der Waals surface area (Å²) in [5, 5.41) is 4.81. The zero-order valence-corrected chi connectivity index (χ0v) is 14.7. The molecule has 0 saturated carbocycles. The van der Waals surface area contributed by atoms with Crippen molar-refractivity contribution in [3.8, 4) is 10.7 Å². The Morgan fingerprint density at radius 1 is 1.08 bits per heavy atom. The van der Waals surface area contributed by atoms with Gasteiger partial charge in [-0.15, -0.1) is 11.3 Å². The predicted molar refractivity (Wildman–Crippen MR) is 104 cm³/mol. The molecule has 0 fully saturated rings. The van der Waals surface area contributed by atoms with Gasteiger partial charge in [-0.2, -0.15) is 0 Å². The second kappa shape index (κ2) is 4.95. The summed E-state index contributed by atoms with van der Waals surface area (Å²) in [5.41, 5.74) is 4.17. The molecule has 0 bridgehead atoms. The summed E-state index contributed by atoms with van der Waals surface area (Å²) in [6, 6.07) is 16.3. The van der Waals surface area contributed by atoms with Crippen molar-refractivity contribution in [2.45, 2.75) is 13.1 Å². The molecule has 6 rings (SSSR count). The molecule has 0 saturated heterocycles. The molecule has 1 N–H and O–H groups in total. The zero-order valence-electron chi connectivity index (χ0n) is 13.9. The number of benzene rings is 1. The van der Waals surface area contributed by atoms with Crippen molar-refractivity contribution >= 4 is 38.3 Å². The molecule has 4 aromatic heterocycles. The Balaban J connectivity index is 1.72. The van der Waals surface area contributed by atoms with Gasteiger partial charge in [0, 0.05) is 11.1 Å². The van der Waals surface area contributed by atoms with E-state index in [1.165, 1.54) is 0 Å². The zero-order chi connectivity index (χ0) is 17.3. The lowest BCUT2D eigenvalue weighted by atomic mass is 10.2. The first-order valence-electron chi connectivity index (χ1n) is 8.47. The van der Waals surface area contributed by atoms with E-state index in [9.17, 15) is 0 Å². The van der Waals surface area contributed by atoms with Gasteiger partial charge in [-0.25, -0.2) is 9.97 Å². The van der Waals surface area contributed by atoms with Crippen molar-refractivity contribution in [1.82, 2.24) is 14.5 Å². The predicted octanol–water partition coefficient (Wildman–Crippen LogP) is 5.19. The molecule has 1 atom stereocenters. The third-order valence-electron chi connectivity index (χ3n) is 4.85. The monoisotopic (exact) mass is 358 g/mol. The van der Waals surface area contributed by atoms with Gasteiger partial charge in [-0.05, 0) is 43.3 Å². The summed E-state index contributed by atoms with van der Waals surface area (Å²) in [4.78, 5) is 11.8. The molecule has 1 aromatic carbocycles. The number of aryl methyl sites for hydroxylation is 1. The van der Waals surface area contributed by atoms with Gasteiger partial charge in [0.05, 0.1) is 27.9 Å². The van der Waals surface area contributed by atoms with E-state index in [-0.39, 0.29) is 6.17 Å². The van der Waals surface area contributed by atoms with Gasteiger partial charge in [0.15, 0.2) is 12.0 Å². The largest absolute Gasteiger partial charge is 0.465 e. The fourth-order valence-corrected chi connectivity index (χ4v) is 4.85. The molecule has 126 valence electrons. The first-order valence-corrected chi connectivity index (χ1v) is 9.29. The Labute approximate surface area is 152 Å². The van der Waals surface area contributed by atoms with Gasteiger partial charge < -0.3 is 9.73 Å². The second-order valence-electron chi connectivity index (χ2n) is 6.47. The first-order chi connectivity index (χ1) is 12.8. The number of anilines is 1. The summed E-state index contributed by atoms with van der Waals surface area (Å²) >= 11 is 1.68. The van der Waals surface area contributed by atoms with Crippen molar-refractivity contribution in [2.24, 2.45) is 0 Å². The molecule has 1 aliphatic rings. The number of pyridine rings is 1. The summed E-state index contributed by atoms with van der Waals surface area (Å²) in [7, 11) is 0. The number of rotatable bonds is 1. The number of hydrogen-bond donors (Lipinski definition) is 1. The Bertz CT molecular complexity index is 1280. The molecule has 0 aliphatic carbocycles. The number of hydrogen-bond acceptors (Lipinski definition) is 5. The standard InChI is InChI=1S/C20H14N4OS/c1-11-8-9-12-16-17(26-20(12)21-11)19-22-13-5-2-3-6-14(13)24(19)18(23-16)15-7-4-10-25-15/h2-10,18,23H,1H3/t18-/m1/s1. The van der Waals surface area contributed by atoms with Crippen LogP contribution in [-0.2, 0) is 0 Å². The van der Waals surface area contributed by atoms with Crippen molar-refractivity contribution < 1.29 is 4.42 Å². The minimum Gasteiger partial charge on any atom is -0.465 e. The summed E-state index contributed by atoms with van der Waals surface area (Å²) in [6.45, 7) is 2.02. The van der Waals surface area contributed by atoms with E-state index in [0.29, 0.717) is 0 Å². The lowest BCUT2D eigenvalue weighted by Gasteiger charge is -2.26. The number of imidazole rings is 1. The van der Waals surface area contributed by atoms with Crippen LogP contribution in [0.25, 0.3) is 32.0 Å². The number of nitrogens with one attached hydrogen (secondary N) is 1. The molecule has 0 unspecified atom stereocenters.